The zero-order chi connectivity index (χ0) is 18.8. The smallest absolute Gasteiger partial charge is 0.269 e. The van der Waals surface area contributed by atoms with Gasteiger partial charge in [0.1, 0.15) is 0 Å². The summed E-state index contributed by atoms with van der Waals surface area (Å²) in [4.78, 5) is 13.1. The molecule has 5 heteroatoms. The number of nitro benzene ring substituents is 1. The van der Waals surface area contributed by atoms with E-state index in [1.54, 1.807) is 12.1 Å². The van der Waals surface area contributed by atoms with Crippen LogP contribution in [-0.4, -0.2) is 20.9 Å². The number of hydrogen-bond acceptors (Lipinski definition) is 3. The molecule has 0 aliphatic carbocycles. The van der Waals surface area contributed by atoms with E-state index in [0.29, 0.717) is 0 Å². The lowest BCUT2D eigenvalue weighted by molar-refractivity contribution is -0.384. The van der Waals surface area contributed by atoms with Gasteiger partial charge in [-0.15, -0.1) is 0 Å². The highest BCUT2D eigenvalue weighted by Crippen LogP contribution is 2.34. The number of nitro groups is 1. The summed E-state index contributed by atoms with van der Waals surface area (Å²) in [5, 5.41) is 10.9. The molecule has 5 nitrogen and oxygen atoms in total. The standard InChI is InChI=1S/C22H23N3O2/c1-17-6-2-3-7-20(17)22-21-8-4-13-23(21)14-5-15-24(22)16-18-9-11-19(12-10-18)25(26)27/h2-4,6-13,22H,5,14-16H2,1H3. The van der Waals surface area contributed by atoms with Crippen molar-refractivity contribution in [2.45, 2.75) is 32.5 Å². The van der Waals surface area contributed by atoms with Crippen LogP contribution in [0.2, 0.25) is 0 Å². The second kappa shape index (κ2) is 7.37. The summed E-state index contributed by atoms with van der Waals surface area (Å²) in [7, 11) is 0. The summed E-state index contributed by atoms with van der Waals surface area (Å²) in [5.41, 5.74) is 5.15. The summed E-state index contributed by atoms with van der Waals surface area (Å²) in [6.45, 7) is 4.93. The van der Waals surface area contributed by atoms with E-state index >= 15 is 0 Å². The monoisotopic (exact) mass is 361 g/mol. The molecule has 2 heterocycles. The predicted molar refractivity (Wildman–Crippen MR) is 106 cm³/mol. The van der Waals surface area contributed by atoms with E-state index < -0.39 is 0 Å². The lowest BCUT2D eigenvalue weighted by Gasteiger charge is -2.31. The van der Waals surface area contributed by atoms with Crippen molar-refractivity contribution in [3.8, 4) is 0 Å². The molecule has 1 aromatic heterocycles. The molecule has 0 fully saturated rings. The largest absolute Gasteiger partial charge is 0.350 e. The first kappa shape index (κ1) is 17.5. The third-order valence-electron chi connectivity index (χ3n) is 5.37. The third-order valence-corrected chi connectivity index (χ3v) is 5.37. The fourth-order valence-corrected chi connectivity index (χ4v) is 4.02. The molecule has 138 valence electrons. The van der Waals surface area contributed by atoms with Crippen LogP contribution in [-0.2, 0) is 13.1 Å². The van der Waals surface area contributed by atoms with Gasteiger partial charge in [0.15, 0.2) is 0 Å². The average molecular weight is 361 g/mol. The summed E-state index contributed by atoms with van der Waals surface area (Å²) in [6.07, 6.45) is 3.24. The Kier molecular flexibility index (Phi) is 4.77. The van der Waals surface area contributed by atoms with Gasteiger partial charge in [-0.3, -0.25) is 15.0 Å². The van der Waals surface area contributed by atoms with Crippen molar-refractivity contribution in [1.82, 2.24) is 9.47 Å². The van der Waals surface area contributed by atoms with Crippen molar-refractivity contribution >= 4 is 5.69 Å². The van der Waals surface area contributed by atoms with Gasteiger partial charge in [0.2, 0.25) is 0 Å². The van der Waals surface area contributed by atoms with E-state index in [2.05, 4.69) is 59.0 Å². The molecule has 1 aliphatic rings. The highest BCUT2D eigenvalue weighted by atomic mass is 16.6. The van der Waals surface area contributed by atoms with Crippen molar-refractivity contribution in [2.75, 3.05) is 6.54 Å². The van der Waals surface area contributed by atoms with Crippen LogP contribution in [0.4, 0.5) is 5.69 Å². The topological polar surface area (TPSA) is 51.3 Å². The lowest BCUT2D eigenvalue weighted by atomic mass is 9.96. The normalized spacial score (nSPS) is 17.3. The number of non-ortho nitro benzene ring substituents is 1. The second-order valence-corrected chi connectivity index (χ2v) is 7.13. The molecule has 3 aromatic rings. The van der Waals surface area contributed by atoms with Crippen molar-refractivity contribution in [1.29, 1.82) is 0 Å². The highest BCUT2D eigenvalue weighted by molar-refractivity contribution is 5.37. The van der Waals surface area contributed by atoms with Crippen molar-refractivity contribution in [2.24, 2.45) is 0 Å². The number of nitrogens with zero attached hydrogens (tertiary/aromatic N) is 3. The van der Waals surface area contributed by atoms with Gasteiger partial charge >= 0.3 is 0 Å². The van der Waals surface area contributed by atoms with Crippen LogP contribution >= 0.6 is 0 Å². The molecule has 0 radical (unpaired) electrons. The van der Waals surface area contributed by atoms with E-state index in [9.17, 15) is 10.1 Å². The van der Waals surface area contributed by atoms with Crippen molar-refractivity contribution in [3.05, 3.63) is 99.4 Å². The van der Waals surface area contributed by atoms with Gasteiger partial charge in [-0.2, -0.15) is 0 Å². The van der Waals surface area contributed by atoms with Crippen LogP contribution in [0.15, 0.2) is 66.9 Å². The van der Waals surface area contributed by atoms with Gasteiger partial charge in [0.25, 0.3) is 5.69 Å². The number of rotatable bonds is 4. The van der Waals surface area contributed by atoms with E-state index in [1.165, 1.54) is 16.8 Å². The molecule has 1 unspecified atom stereocenters. The minimum absolute atomic E-state index is 0.138. The fraction of sp³-hybridized carbons (Fsp3) is 0.273. The maximum absolute atomic E-state index is 10.9. The number of hydrogen-bond donors (Lipinski definition) is 0. The van der Waals surface area contributed by atoms with Gasteiger partial charge in [0.05, 0.1) is 11.0 Å². The Morgan fingerprint density at radius 1 is 1.04 bits per heavy atom. The summed E-state index contributed by atoms with van der Waals surface area (Å²) in [5.74, 6) is 0. The lowest BCUT2D eigenvalue weighted by Crippen LogP contribution is -2.30. The Balaban J connectivity index is 1.71. The zero-order valence-corrected chi connectivity index (χ0v) is 15.4. The second-order valence-electron chi connectivity index (χ2n) is 7.13. The Hall–Kier alpha value is -2.92. The minimum atomic E-state index is -0.348. The molecule has 0 bridgehead atoms. The summed E-state index contributed by atoms with van der Waals surface area (Å²) < 4.78 is 2.35. The summed E-state index contributed by atoms with van der Waals surface area (Å²) >= 11 is 0. The molecule has 2 aromatic carbocycles. The van der Waals surface area contributed by atoms with Gasteiger partial charge in [-0.05, 0) is 42.2 Å². The molecule has 0 N–H and O–H groups in total. The fourth-order valence-electron chi connectivity index (χ4n) is 4.02. The maximum Gasteiger partial charge on any atom is 0.269 e. The van der Waals surface area contributed by atoms with Gasteiger partial charge in [-0.25, -0.2) is 0 Å². The molecule has 0 saturated carbocycles. The number of fused-ring (bicyclic) bond motifs is 1. The van der Waals surface area contributed by atoms with E-state index in [-0.39, 0.29) is 16.7 Å². The van der Waals surface area contributed by atoms with Crippen LogP contribution < -0.4 is 0 Å². The Morgan fingerprint density at radius 2 is 1.81 bits per heavy atom. The maximum atomic E-state index is 10.9. The van der Waals surface area contributed by atoms with Gasteiger partial charge in [0, 0.05) is 43.7 Å². The average Bonchev–Trinajstić information content (AvgIpc) is 3.05. The number of aromatic nitrogens is 1. The Bertz CT molecular complexity index is 946. The highest BCUT2D eigenvalue weighted by Gasteiger charge is 2.28. The molecule has 0 amide bonds. The molecule has 0 spiro atoms. The Labute approximate surface area is 159 Å². The van der Waals surface area contributed by atoms with Gasteiger partial charge in [-0.1, -0.05) is 36.4 Å². The molecule has 27 heavy (non-hydrogen) atoms. The van der Waals surface area contributed by atoms with E-state index in [4.69, 9.17) is 0 Å². The van der Waals surface area contributed by atoms with Crippen LogP contribution in [0.3, 0.4) is 0 Å². The molecule has 1 aliphatic heterocycles. The van der Waals surface area contributed by atoms with E-state index in [0.717, 1.165) is 31.6 Å². The van der Waals surface area contributed by atoms with Crippen molar-refractivity contribution < 1.29 is 4.92 Å². The first-order valence-electron chi connectivity index (χ1n) is 9.31. The molecule has 1 atom stereocenters. The first-order valence-corrected chi connectivity index (χ1v) is 9.31. The minimum Gasteiger partial charge on any atom is -0.350 e. The molecular formula is C22H23N3O2. The Morgan fingerprint density at radius 3 is 2.56 bits per heavy atom. The SMILES string of the molecule is Cc1ccccc1C1c2cccn2CCCN1Cc1ccc([N+](=O)[O-])cc1. The van der Waals surface area contributed by atoms with Crippen LogP contribution in [0.1, 0.15) is 34.8 Å². The summed E-state index contributed by atoms with van der Waals surface area (Å²) in [6, 6.07) is 20.0. The van der Waals surface area contributed by atoms with Crippen LogP contribution in [0.5, 0.6) is 0 Å². The van der Waals surface area contributed by atoms with E-state index in [1.807, 2.05) is 12.1 Å². The van der Waals surface area contributed by atoms with Crippen molar-refractivity contribution in [3.63, 3.8) is 0 Å². The number of aryl methyl sites for hydroxylation is 2. The molecule has 4 rings (SSSR count). The number of benzene rings is 2. The van der Waals surface area contributed by atoms with Crippen LogP contribution in [0, 0.1) is 17.0 Å². The third kappa shape index (κ3) is 3.51. The quantitative estimate of drug-likeness (QED) is 0.500. The predicted octanol–water partition coefficient (Wildman–Crippen LogP) is 4.70. The zero-order valence-electron chi connectivity index (χ0n) is 15.4. The van der Waals surface area contributed by atoms with Crippen LogP contribution in [0.25, 0.3) is 0 Å². The first-order chi connectivity index (χ1) is 13.1. The molecular weight excluding hydrogens is 338 g/mol. The molecule has 0 saturated heterocycles. The van der Waals surface area contributed by atoms with Gasteiger partial charge < -0.3 is 4.57 Å².